The molecule has 0 aliphatic heterocycles. The monoisotopic (exact) mass is 253 g/mol. The van der Waals surface area contributed by atoms with E-state index in [4.69, 9.17) is 9.15 Å². The molecule has 2 unspecified atom stereocenters. The van der Waals surface area contributed by atoms with Gasteiger partial charge in [0, 0.05) is 12.6 Å². The van der Waals surface area contributed by atoms with Gasteiger partial charge in [0.25, 0.3) is 0 Å². The SMILES string of the molecule is CCCNC(Cc1ccoc1)C(C)(CC)OCC. The molecule has 1 N–H and O–H groups in total. The second-order valence-corrected chi connectivity index (χ2v) is 4.94. The zero-order valence-electron chi connectivity index (χ0n) is 12.2. The Hall–Kier alpha value is -0.800. The topological polar surface area (TPSA) is 34.4 Å². The molecule has 0 aliphatic carbocycles. The molecule has 0 bridgehead atoms. The van der Waals surface area contributed by atoms with Gasteiger partial charge >= 0.3 is 0 Å². The van der Waals surface area contributed by atoms with Gasteiger partial charge in [0.2, 0.25) is 0 Å². The predicted octanol–water partition coefficient (Wildman–Crippen LogP) is 3.40. The van der Waals surface area contributed by atoms with Gasteiger partial charge in [-0.15, -0.1) is 0 Å². The third kappa shape index (κ3) is 4.14. The molecule has 0 saturated heterocycles. The smallest absolute Gasteiger partial charge is 0.0935 e. The van der Waals surface area contributed by atoms with Gasteiger partial charge in [-0.1, -0.05) is 13.8 Å². The molecule has 2 atom stereocenters. The number of furan rings is 1. The lowest BCUT2D eigenvalue weighted by molar-refractivity contribution is -0.0549. The highest BCUT2D eigenvalue weighted by molar-refractivity contribution is 5.10. The molecule has 3 nitrogen and oxygen atoms in total. The Bertz CT molecular complexity index is 310. The normalized spacial score (nSPS) is 16.4. The van der Waals surface area contributed by atoms with Crippen LogP contribution in [0.25, 0.3) is 0 Å². The Morgan fingerprint density at radius 1 is 1.39 bits per heavy atom. The standard InChI is InChI=1S/C15H27NO2/c1-5-9-16-14(11-13-8-10-17-12-13)15(4,6-2)18-7-3/h8,10,12,14,16H,5-7,9,11H2,1-4H3. The molecule has 1 aromatic heterocycles. The summed E-state index contributed by atoms with van der Waals surface area (Å²) in [6, 6.07) is 2.35. The van der Waals surface area contributed by atoms with Crippen LogP contribution in [0.2, 0.25) is 0 Å². The highest BCUT2D eigenvalue weighted by Gasteiger charge is 2.33. The van der Waals surface area contributed by atoms with Crippen molar-refractivity contribution in [2.75, 3.05) is 13.2 Å². The third-order valence-corrected chi connectivity index (χ3v) is 3.57. The van der Waals surface area contributed by atoms with Crippen molar-refractivity contribution in [3.63, 3.8) is 0 Å². The first-order valence-corrected chi connectivity index (χ1v) is 7.04. The second kappa shape index (κ2) is 7.59. The summed E-state index contributed by atoms with van der Waals surface area (Å²) in [5.41, 5.74) is 1.10. The van der Waals surface area contributed by atoms with Crippen molar-refractivity contribution in [1.82, 2.24) is 5.32 Å². The van der Waals surface area contributed by atoms with Crippen molar-refractivity contribution in [2.45, 2.75) is 58.6 Å². The zero-order chi connectivity index (χ0) is 13.4. The number of hydrogen-bond donors (Lipinski definition) is 1. The fourth-order valence-corrected chi connectivity index (χ4v) is 2.25. The molecular formula is C15H27NO2. The van der Waals surface area contributed by atoms with Crippen LogP contribution in [0.1, 0.15) is 46.1 Å². The van der Waals surface area contributed by atoms with Crippen molar-refractivity contribution in [3.05, 3.63) is 24.2 Å². The highest BCUT2D eigenvalue weighted by atomic mass is 16.5. The van der Waals surface area contributed by atoms with Crippen LogP contribution in [0.4, 0.5) is 0 Å². The van der Waals surface area contributed by atoms with Gasteiger partial charge in [-0.3, -0.25) is 0 Å². The van der Waals surface area contributed by atoms with E-state index in [2.05, 4.69) is 33.0 Å². The van der Waals surface area contributed by atoms with E-state index < -0.39 is 0 Å². The minimum Gasteiger partial charge on any atom is -0.472 e. The minimum atomic E-state index is -0.124. The van der Waals surface area contributed by atoms with E-state index in [1.807, 2.05) is 12.3 Å². The molecule has 0 amide bonds. The van der Waals surface area contributed by atoms with Crippen LogP contribution >= 0.6 is 0 Å². The summed E-state index contributed by atoms with van der Waals surface area (Å²) in [7, 11) is 0. The van der Waals surface area contributed by atoms with Crippen LogP contribution in [0, 0.1) is 0 Å². The molecule has 0 radical (unpaired) electrons. The van der Waals surface area contributed by atoms with Crippen molar-refractivity contribution < 1.29 is 9.15 Å². The quantitative estimate of drug-likeness (QED) is 0.732. The number of hydrogen-bond acceptors (Lipinski definition) is 3. The average Bonchev–Trinajstić information content (AvgIpc) is 2.87. The van der Waals surface area contributed by atoms with Gasteiger partial charge in [-0.2, -0.15) is 0 Å². The molecule has 104 valence electrons. The van der Waals surface area contributed by atoms with Gasteiger partial charge in [0.05, 0.1) is 18.1 Å². The van der Waals surface area contributed by atoms with E-state index in [0.29, 0.717) is 6.04 Å². The van der Waals surface area contributed by atoms with Crippen LogP contribution < -0.4 is 5.32 Å². The fraction of sp³-hybridized carbons (Fsp3) is 0.733. The Morgan fingerprint density at radius 3 is 2.67 bits per heavy atom. The van der Waals surface area contributed by atoms with Crippen LogP contribution in [0.15, 0.2) is 23.0 Å². The number of ether oxygens (including phenoxy) is 1. The van der Waals surface area contributed by atoms with Gasteiger partial charge < -0.3 is 14.5 Å². The number of rotatable bonds is 9. The summed E-state index contributed by atoms with van der Waals surface area (Å²) in [4.78, 5) is 0. The predicted molar refractivity (Wildman–Crippen MR) is 74.8 cm³/mol. The van der Waals surface area contributed by atoms with Crippen molar-refractivity contribution in [1.29, 1.82) is 0 Å². The lowest BCUT2D eigenvalue weighted by atomic mass is 9.88. The molecule has 0 aliphatic rings. The molecule has 0 fully saturated rings. The largest absolute Gasteiger partial charge is 0.472 e. The van der Waals surface area contributed by atoms with E-state index >= 15 is 0 Å². The molecule has 18 heavy (non-hydrogen) atoms. The summed E-state index contributed by atoms with van der Waals surface area (Å²) in [6.07, 6.45) is 6.63. The summed E-state index contributed by atoms with van der Waals surface area (Å²) < 4.78 is 11.2. The second-order valence-electron chi connectivity index (χ2n) is 4.94. The maximum absolute atomic E-state index is 5.99. The van der Waals surface area contributed by atoms with E-state index in [-0.39, 0.29) is 5.60 Å². The maximum Gasteiger partial charge on any atom is 0.0935 e. The first kappa shape index (κ1) is 15.3. The highest BCUT2D eigenvalue weighted by Crippen LogP contribution is 2.23. The Kier molecular flexibility index (Phi) is 6.44. The first-order chi connectivity index (χ1) is 8.66. The molecule has 1 heterocycles. The van der Waals surface area contributed by atoms with Gasteiger partial charge in [0.1, 0.15) is 0 Å². The van der Waals surface area contributed by atoms with Crippen molar-refractivity contribution in [3.8, 4) is 0 Å². The lowest BCUT2D eigenvalue weighted by Crippen LogP contribution is -2.51. The number of nitrogens with one attached hydrogen (secondary N) is 1. The van der Waals surface area contributed by atoms with Gasteiger partial charge in [-0.05, 0) is 51.3 Å². The van der Waals surface area contributed by atoms with Crippen LogP contribution in [-0.2, 0) is 11.2 Å². The molecular weight excluding hydrogens is 226 g/mol. The molecule has 3 heteroatoms. The average molecular weight is 253 g/mol. The summed E-state index contributed by atoms with van der Waals surface area (Å²) >= 11 is 0. The van der Waals surface area contributed by atoms with E-state index in [0.717, 1.165) is 32.4 Å². The molecule has 1 aromatic rings. The minimum absolute atomic E-state index is 0.124. The Labute approximate surface area is 111 Å². The zero-order valence-corrected chi connectivity index (χ0v) is 12.2. The van der Waals surface area contributed by atoms with Crippen LogP contribution in [0.3, 0.4) is 0 Å². The van der Waals surface area contributed by atoms with Gasteiger partial charge in [0.15, 0.2) is 0 Å². The van der Waals surface area contributed by atoms with Crippen LogP contribution in [0.5, 0.6) is 0 Å². The summed E-state index contributed by atoms with van der Waals surface area (Å²) in [5, 5.41) is 3.62. The summed E-state index contributed by atoms with van der Waals surface area (Å²) in [6.45, 7) is 10.4. The lowest BCUT2D eigenvalue weighted by Gasteiger charge is -2.37. The Balaban J connectivity index is 2.74. The fourth-order valence-electron chi connectivity index (χ4n) is 2.25. The van der Waals surface area contributed by atoms with Crippen molar-refractivity contribution in [2.24, 2.45) is 0 Å². The third-order valence-electron chi connectivity index (χ3n) is 3.57. The molecule has 0 aromatic carbocycles. The van der Waals surface area contributed by atoms with E-state index in [9.17, 15) is 0 Å². The first-order valence-electron chi connectivity index (χ1n) is 7.04. The van der Waals surface area contributed by atoms with E-state index in [1.165, 1.54) is 5.56 Å². The Morgan fingerprint density at radius 2 is 2.17 bits per heavy atom. The van der Waals surface area contributed by atoms with E-state index in [1.54, 1.807) is 6.26 Å². The summed E-state index contributed by atoms with van der Waals surface area (Å²) in [5.74, 6) is 0. The van der Waals surface area contributed by atoms with Crippen molar-refractivity contribution >= 4 is 0 Å². The van der Waals surface area contributed by atoms with Gasteiger partial charge in [-0.25, -0.2) is 0 Å². The molecule has 0 saturated carbocycles. The molecule has 0 spiro atoms. The maximum atomic E-state index is 5.99. The van der Waals surface area contributed by atoms with Crippen LogP contribution in [-0.4, -0.2) is 24.8 Å². The molecule has 1 rings (SSSR count).